The van der Waals surface area contributed by atoms with Crippen LogP contribution in [0.5, 0.6) is 0 Å². The molecular formula is C22H30O5S. The smallest absolute Gasteiger partial charge is 0.261 e. The van der Waals surface area contributed by atoms with E-state index in [-0.39, 0.29) is 22.5 Å². The summed E-state index contributed by atoms with van der Waals surface area (Å²) < 4.78 is 25.9. The molecule has 0 heterocycles. The molecule has 4 aliphatic rings. The summed E-state index contributed by atoms with van der Waals surface area (Å²) in [6.07, 6.45) is 14.3. The summed E-state index contributed by atoms with van der Waals surface area (Å²) >= 11 is 0. The van der Waals surface area contributed by atoms with Crippen LogP contribution < -0.4 is 0 Å². The molecule has 5 atom stereocenters. The molecule has 0 spiro atoms. The zero-order chi connectivity index (χ0) is 20.9. The van der Waals surface area contributed by atoms with Gasteiger partial charge in [-0.2, -0.15) is 8.42 Å². The van der Waals surface area contributed by atoms with E-state index >= 15 is 0 Å². The largest absolute Gasteiger partial charge is 0.300 e. The highest BCUT2D eigenvalue weighted by Gasteiger charge is 2.56. The third-order valence-corrected chi connectivity index (χ3v) is 7.44. The van der Waals surface area contributed by atoms with E-state index in [4.69, 9.17) is 4.55 Å². The Labute approximate surface area is 167 Å². The number of ketones is 2. The van der Waals surface area contributed by atoms with Gasteiger partial charge < -0.3 is 0 Å². The lowest BCUT2D eigenvalue weighted by atomic mass is 9.52. The molecule has 6 heteroatoms. The minimum Gasteiger partial charge on any atom is -0.300 e. The molecule has 5 nitrogen and oxygen atoms in total. The normalized spacial score (nSPS) is 38.9. The zero-order valence-electron chi connectivity index (χ0n) is 17.1. The van der Waals surface area contributed by atoms with Gasteiger partial charge in [0.15, 0.2) is 5.78 Å². The fraction of sp³-hybridized carbons (Fsp3) is 0.636. The Hall–Kier alpha value is -1.53. The van der Waals surface area contributed by atoms with Gasteiger partial charge in [0.1, 0.15) is 5.78 Å². The van der Waals surface area contributed by atoms with Crippen molar-refractivity contribution in [3.8, 4) is 0 Å². The van der Waals surface area contributed by atoms with Crippen molar-refractivity contribution in [2.45, 2.75) is 52.9 Å². The Morgan fingerprint density at radius 3 is 2.46 bits per heavy atom. The number of rotatable bonds is 1. The highest BCUT2D eigenvalue weighted by atomic mass is 32.2. The molecule has 0 aliphatic heterocycles. The summed E-state index contributed by atoms with van der Waals surface area (Å²) in [6, 6.07) is 0. The van der Waals surface area contributed by atoms with Crippen LogP contribution in [0.25, 0.3) is 0 Å². The predicted molar refractivity (Wildman–Crippen MR) is 108 cm³/mol. The van der Waals surface area contributed by atoms with E-state index in [1.54, 1.807) is 13.0 Å². The van der Waals surface area contributed by atoms with Crippen molar-refractivity contribution in [3.63, 3.8) is 0 Å². The summed E-state index contributed by atoms with van der Waals surface area (Å²) in [4.78, 5) is 23.9. The highest BCUT2D eigenvalue weighted by molar-refractivity contribution is 7.85. The van der Waals surface area contributed by atoms with Crippen molar-refractivity contribution >= 4 is 21.7 Å². The molecule has 0 aromatic carbocycles. The Kier molecular flexibility index (Phi) is 5.34. The van der Waals surface area contributed by atoms with Crippen LogP contribution in [0, 0.1) is 28.6 Å². The minimum absolute atomic E-state index is 0.0630. The topological polar surface area (TPSA) is 88.5 Å². The second-order valence-electron chi connectivity index (χ2n) is 9.20. The van der Waals surface area contributed by atoms with Crippen LogP contribution in [-0.2, 0) is 19.7 Å². The predicted octanol–water partition coefficient (Wildman–Crippen LogP) is 3.92. The number of hydrogen-bond donors (Lipinski definition) is 1. The molecule has 0 aromatic heterocycles. The van der Waals surface area contributed by atoms with Gasteiger partial charge in [-0.1, -0.05) is 30.2 Å². The van der Waals surface area contributed by atoms with Crippen LogP contribution in [0.4, 0.5) is 0 Å². The maximum absolute atomic E-state index is 12.1. The minimum atomic E-state index is -3.67. The number of carbonyl (C=O) groups is 2. The van der Waals surface area contributed by atoms with Crippen LogP contribution in [0.1, 0.15) is 52.9 Å². The van der Waals surface area contributed by atoms with Gasteiger partial charge in [0.25, 0.3) is 10.1 Å². The van der Waals surface area contributed by atoms with Crippen molar-refractivity contribution in [1.29, 1.82) is 0 Å². The summed E-state index contributed by atoms with van der Waals surface area (Å²) in [6.45, 7) is 6.40. The van der Waals surface area contributed by atoms with Crippen molar-refractivity contribution in [3.05, 3.63) is 35.5 Å². The summed E-state index contributed by atoms with van der Waals surface area (Å²) in [5, 5.41) is 0. The number of carbonyl (C=O) groups excluding carboxylic acids is 2. The van der Waals surface area contributed by atoms with Crippen molar-refractivity contribution in [1.82, 2.24) is 0 Å². The molecule has 28 heavy (non-hydrogen) atoms. The number of Topliss-reactive ketones (excluding diaryl/α,β-unsaturated/α-hetero) is 1. The molecule has 0 aromatic rings. The van der Waals surface area contributed by atoms with Gasteiger partial charge in [-0.05, 0) is 75.4 Å². The average molecular weight is 407 g/mol. The van der Waals surface area contributed by atoms with Crippen LogP contribution >= 0.6 is 0 Å². The molecule has 0 bridgehead atoms. The molecule has 4 rings (SSSR count). The molecule has 0 radical (unpaired) electrons. The first-order chi connectivity index (χ1) is 12.9. The van der Waals surface area contributed by atoms with Gasteiger partial charge in [-0.3, -0.25) is 14.1 Å². The van der Waals surface area contributed by atoms with Gasteiger partial charge in [0.05, 0.1) is 6.26 Å². The van der Waals surface area contributed by atoms with E-state index in [2.05, 4.69) is 26.0 Å². The van der Waals surface area contributed by atoms with Crippen molar-refractivity contribution in [2.24, 2.45) is 28.6 Å². The molecular weight excluding hydrogens is 376 g/mol. The monoisotopic (exact) mass is 406 g/mol. The molecule has 2 fully saturated rings. The average Bonchev–Trinajstić information content (AvgIpc) is 2.91. The first-order valence-corrected chi connectivity index (χ1v) is 11.8. The fourth-order valence-corrected chi connectivity index (χ4v) is 6.19. The summed E-state index contributed by atoms with van der Waals surface area (Å²) in [7, 11) is -3.67. The van der Waals surface area contributed by atoms with Crippen LogP contribution in [0.15, 0.2) is 35.5 Å². The SMILES string of the molecule is CC(=O)[C@H]1CC[C@H]2[C@@H]3CCC4=CC(=O)C=C[C@]4(C)C3=CC[C@]12C.CS(=O)(=O)O. The zero-order valence-corrected chi connectivity index (χ0v) is 17.9. The molecule has 4 aliphatic carbocycles. The maximum Gasteiger partial charge on any atom is 0.261 e. The maximum atomic E-state index is 12.1. The lowest BCUT2D eigenvalue weighted by Gasteiger charge is -2.52. The molecule has 154 valence electrons. The summed E-state index contributed by atoms with van der Waals surface area (Å²) in [5.74, 6) is 1.95. The summed E-state index contributed by atoms with van der Waals surface area (Å²) in [5.41, 5.74) is 2.89. The number of fused-ring (bicyclic) bond motifs is 5. The van der Waals surface area contributed by atoms with Crippen LogP contribution in [0.2, 0.25) is 0 Å². The van der Waals surface area contributed by atoms with E-state index in [1.165, 1.54) is 17.6 Å². The van der Waals surface area contributed by atoms with Gasteiger partial charge in [0, 0.05) is 11.3 Å². The van der Waals surface area contributed by atoms with Crippen LogP contribution in [0.3, 0.4) is 0 Å². The first kappa shape index (κ1) is 21.2. The Balaban J connectivity index is 0.000000403. The van der Waals surface area contributed by atoms with Crippen molar-refractivity contribution in [2.75, 3.05) is 6.26 Å². The highest BCUT2D eigenvalue weighted by Crippen LogP contribution is 2.63. The molecule has 0 saturated heterocycles. The van der Waals surface area contributed by atoms with Gasteiger partial charge in [-0.15, -0.1) is 0 Å². The third-order valence-electron chi connectivity index (χ3n) is 7.44. The Bertz CT molecular complexity index is 886. The van der Waals surface area contributed by atoms with E-state index in [0.717, 1.165) is 25.7 Å². The van der Waals surface area contributed by atoms with Gasteiger partial charge in [0.2, 0.25) is 0 Å². The second-order valence-corrected chi connectivity index (χ2v) is 10.7. The Morgan fingerprint density at radius 2 is 1.86 bits per heavy atom. The molecule has 0 unspecified atom stereocenters. The van der Waals surface area contributed by atoms with E-state index in [1.807, 2.05) is 6.08 Å². The molecule has 1 N–H and O–H groups in total. The van der Waals surface area contributed by atoms with Gasteiger partial charge in [-0.25, -0.2) is 0 Å². The molecule has 0 amide bonds. The fourth-order valence-electron chi connectivity index (χ4n) is 6.19. The third kappa shape index (κ3) is 3.69. The number of hydrogen-bond acceptors (Lipinski definition) is 4. The Morgan fingerprint density at radius 1 is 1.21 bits per heavy atom. The lowest BCUT2D eigenvalue weighted by Crippen LogP contribution is -2.44. The first-order valence-electron chi connectivity index (χ1n) is 9.94. The molecule has 2 saturated carbocycles. The quantitative estimate of drug-likeness (QED) is 0.527. The standard InChI is InChI=1S/C21H26O2.CH4O3S/c1-13(22)17-6-7-18-16-5-4-14-12-15(23)8-10-20(14,2)19(16)9-11-21(17,18)3;1-5(2,3)4/h8-10,12,16-18H,4-7,11H2,1-3H3;1H3,(H,2,3,4)/t16-,17+,18-,20-,21+;/m0./s1. The second kappa shape index (κ2) is 7.06. The van der Waals surface area contributed by atoms with Gasteiger partial charge >= 0.3 is 0 Å². The van der Waals surface area contributed by atoms with E-state index in [9.17, 15) is 18.0 Å². The van der Waals surface area contributed by atoms with Crippen molar-refractivity contribution < 1.29 is 22.6 Å². The van der Waals surface area contributed by atoms with E-state index in [0.29, 0.717) is 23.9 Å². The van der Waals surface area contributed by atoms with Crippen LogP contribution in [-0.4, -0.2) is 30.8 Å². The number of allylic oxidation sites excluding steroid dienone is 6. The van der Waals surface area contributed by atoms with E-state index < -0.39 is 10.1 Å². The lowest BCUT2D eigenvalue weighted by molar-refractivity contribution is -0.124.